The number of aliphatic carboxylic acids is 1. The fraction of sp³-hybridized carbons (Fsp3) is 0.846. The average Bonchev–Trinajstić information content (AvgIpc) is 2.26. The van der Waals surface area contributed by atoms with Gasteiger partial charge >= 0.3 is 5.97 Å². The third-order valence-electron chi connectivity index (χ3n) is 4.29. The molecular weight excluding hydrogens is 218 g/mol. The zero-order chi connectivity index (χ0) is 12.4. The van der Waals surface area contributed by atoms with Crippen molar-refractivity contribution in [1.82, 2.24) is 4.90 Å². The summed E-state index contributed by atoms with van der Waals surface area (Å²) in [6.45, 7) is 2.92. The second kappa shape index (κ2) is 5.07. The summed E-state index contributed by atoms with van der Waals surface area (Å²) in [7, 11) is 0. The first-order chi connectivity index (χ1) is 8.15. The van der Waals surface area contributed by atoms with Gasteiger partial charge in [0.05, 0.1) is 11.8 Å². The summed E-state index contributed by atoms with van der Waals surface area (Å²) >= 11 is 0. The summed E-state index contributed by atoms with van der Waals surface area (Å²) in [5.41, 5.74) is 0. The topological polar surface area (TPSA) is 57.6 Å². The fourth-order valence-electron chi connectivity index (χ4n) is 3.02. The van der Waals surface area contributed by atoms with E-state index in [1.807, 2.05) is 4.90 Å². The molecule has 1 amide bonds. The van der Waals surface area contributed by atoms with Crippen LogP contribution in [-0.4, -0.2) is 34.5 Å². The number of piperidine rings is 1. The Morgan fingerprint density at radius 1 is 1.18 bits per heavy atom. The molecule has 0 aromatic heterocycles. The first-order valence-electron chi connectivity index (χ1n) is 6.68. The Balaban J connectivity index is 2.01. The molecule has 2 fully saturated rings. The first-order valence-corrected chi connectivity index (χ1v) is 6.68. The number of hydrogen-bond donors (Lipinski definition) is 1. The molecule has 0 radical (unpaired) electrons. The highest BCUT2D eigenvalue weighted by atomic mass is 16.4. The maximum Gasteiger partial charge on any atom is 0.307 e. The lowest BCUT2D eigenvalue weighted by molar-refractivity contribution is -0.158. The van der Waals surface area contributed by atoms with Crippen molar-refractivity contribution in [2.75, 3.05) is 6.54 Å². The molecule has 1 heterocycles. The van der Waals surface area contributed by atoms with Crippen LogP contribution in [0.1, 0.15) is 45.4 Å². The summed E-state index contributed by atoms with van der Waals surface area (Å²) in [5.74, 6) is -1.39. The van der Waals surface area contributed by atoms with Gasteiger partial charge < -0.3 is 10.0 Å². The molecule has 0 bridgehead atoms. The molecule has 1 saturated heterocycles. The standard InChI is InChI=1S/C13H21NO3/c1-2-9-5-3-4-8-14(9)12(15)10-6-7-11(10)13(16)17/h9-11H,2-8H2,1H3,(H,16,17). The van der Waals surface area contributed by atoms with E-state index in [1.165, 1.54) is 6.42 Å². The van der Waals surface area contributed by atoms with E-state index in [1.54, 1.807) is 0 Å². The summed E-state index contributed by atoms with van der Waals surface area (Å²) in [6, 6.07) is 0.339. The molecule has 4 heteroatoms. The van der Waals surface area contributed by atoms with Crippen LogP contribution in [0.5, 0.6) is 0 Å². The van der Waals surface area contributed by atoms with Crippen molar-refractivity contribution in [1.29, 1.82) is 0 Å². The predicted molar refractivity (Wildman–Crippen MR) is 63.5 cm³/mol. The summed E-state index contributed by atoms with van der Waals surface area (Å²) in [4.78, 5) is 25.2. The zero-order valence-corrected chi connectivity index (χ0v) is 10.4. The van der Waals surface area contributed by atoms with Crippen molar-refractivity contribution in [3.63, 3.8) is 0 Å². The molecular formula is C13H21NO3. The van der Waals surface area contributed by atoms with Crippen LogP contribution in [0.15, 0.2) is 0 Å². The van der Waals surface area contributed by atoms with Crippen LogP contribution >= 0.6 is 0 Å². The number of nitrogens with zero attached hydrogens (tertiary/aromatic N) is 1. The Labute approximate surface area is 102 Å². The lowest BCUT2D eigenvalue weighted by atomic mass is 9.72. The predicted octanol–water partition coefficient (Wildman–Crippen LogP) is 1.89. The molecule has 2 rings (SSSR count). The van der Waals surface area contributed by atoms with Crippen molar-refractivity contribution in [2.45, 2.75) is 51.5 Å². The SMILES string of the molecule is CCC1CCCCN1C(=O)C1CCC1C(=O)O. The average molecular weight is 239 g/mol. The van der Waals surface area contributed by atoms with E-state index in [9.17, 15) is 9.59 Å². The molecule has 0 spiro atoms. The van der Waals surface area contributed by atoms with Crippen LogP contribution in [0.2, 0.25) is 0 Å². The normalized spacial score (nSPS) is 33.0. The van der Waals surface area contributed by atoms with Crippen LogP contribution in [0.25, 0.3) is 0 Å². The second-order valence-corrected chi connectivity index (χ2v) is 5.22. The number of rotatable bonds is 3. The number of carbonyl (C=O) groups excluding carboxylic acids is 1. The molecule has 0 aromatic carbocycles. The highest BCUT2D eigenvalue weighted by Gasteiger charge is 2.44. The van der Waals surface area contributed by atoms with E-state index >= 15 is 0 Å². The smallest absolute Gasteiger partial charge is 0.307 e. The van der Waals surface area contributed by atoms with E-state index in [0.29, 0.717) is 12.5 Å². The Hall–Kier alpha value is -1.06. The minimum Gasteiger partial charge on any atom is -0.481 e. The molecule has 3 atom stereocenters. The first kappa shape index (κ1) is 12.4. The Bertz CT molecular complexity index is 316. The molecule has 1 aliphatic carbocycles. The second-order valence-electron chi connectivity index (χ2n) is 5.22. The van der Waals surface area contributed by atoms with Crippen LogP contribution in [0, 0.1) is 11.8 Å². The third kappa shape index (κ3) is 2.31. The van der Waals surface area contributed by atoms with Crippen molar-refractivity contribution in [3.05, 3.63) is 0 Å². The van der Waals surface area contributed by atoms with Gasteiger partial charge in [-0.3, -0.25) is 9.59 Å². The molecule has 4 nitrogen and oxygen atoms in total. The minimum atomic E-state index is -0.806. The van der Waals surface area contributed by atoms with Gasteiger partial charge in [-0.1, -0.05) is 6.92 Å². The molecule has 2 aliphatic rings. The van der Waals surface area contributed by atoms with E-state index in [0.717, 1.165) is 32.2 Å². The molecule has 17 heavy (non-hydrogen) atoms. The third-order valence-corrected chi connectivity index (χ3v) is 4.29. The van der Waals surface area contributed by atoms with Crippen LogP contribution in [0.3, 0.4) is 0 Å². The van der Waals surface area contributed by atoms with Gasteiger partial charge in [0.15, 0.2) is 0 Å². The molecule has 0 aromatic rings. The summed E-state index contributed by atoms with van der Waals surface area (Å²) < 4.78 is 0. The monoisotopic (exact) mass is 239 g/mol. The molecule has 1 saturated carbocycles. The number of carboxylic acid groups (broad SMARTS) is 1. The molecule has 1 aliphatic heterocycles. The van der Waals surface area contributed by atoms with Crippen molar-refractivity contribution in [3.8, 4) is 0 Å². The van der Waals surface area contributed by atoms with Gasteiger partial charge in [0.25, 0.3) is 0 Å². The van der Waals surface area contributed by atoms with Gasteiger partial charge in [-0.05, 0) is 38.5 Å². The lowest BCUT2D eigenvalue weighted by Gasteiger charge is -2.41. The van der Waals surface area contributed by atoms with Gasteiger partial charge in [0.2, 0.25) is 5.91 Å². The highest BCUT2D eigenvalue weighted by molar-refractivity contribution is 5.86. The number of carbonyl (C=O) groups is 2. The Morgan fingerprint density at radius 2 is 1.88 bits per heavy atom. The Kier molecular flexibility index (Phi) is 3.69. The minimum absolute atomic E-state index is 0.0928. The van der Waals surface area contributed by atoms with E-state index in [4.69, 9.17) is 5.11 Å². The largest absolute Gasteiger partial charge is 0.481 e. The maximum atomic E-state index is 12.3. The van der Waals surface area contributed by atoms with Crippen LogP contribution in [0.4, 0.5) is 0 Å². The van der Waals surface area contributed by atoms with Crippen molar-refractivity contribution in [2.24, 2.45) is 11.8 Å². The van der Waals surface area contributed by atoms with Gasteiger partial charge in [0.1, 0.15) is 0 Å². The number of carboxylic acids is 1. The van der Waals surface area contributed by atoms with Gasteiger partial charge in [-0.2, -0.15) is 0 Å². The summed E-state index contributed by atoms with van der Waals surface area (Å²) in [5, 5.41) is 9.00. The van der Waals surface area contributed by atoms with Gasteiger partial charge in [0, 0.05) is 12.6 Å². The Morgan fingerprint density at radius 3 is 2.41 bits per heavy atom. The van der Waals surface area contributed by atoms with E-state index in [-0.39, 0.29) is 11.8 Å². The van der Waals surface area contributed by atoms with E-state index < -0.39 is 11.9 Å². The number of hydrogen-bond acceptors (Lipinski definition) is 2. The lowest BCUT2D eigenvalue weighted by Crippen LogP contribution is -2.51. The van der Waals surface area contributed by atoms with Crippen LogP contribution < -0.4 is 0 Å². The van der Waals surface area contributed by atoms with E-state index in [2.05, 4.69) is 6.92 Å². The van der Waals surface area contributed by atoms with Gasteiger partial charge in [-0.15, -0.1) is 0 Å². The number of likely N-dealkylation sites (tertiary alicyclic amines) is 1. The molecule has 1 N–H and O–H groups in total. The molecule has 96 valence electrons. The van der Waals surface area contributed by atoms with Crippen molar-refractivity contribution < 1.29 is 14.7 Å². The zero-order valence-electron chi connectivity index (χ0n) is 10.4. The highest BCUT2D eigenvalue weighted by Crippen LogP contribution is 2.37. The van der Waals surface area contributed by atoms with Crippen molar-refractivity contribution >= 4 is 11.9 Å². The quantitative estimate of drug-likeness (QED) is 0.818. The van der Waals surface area contributed by atoms with Gasteiger partial charge in [-0.25, -0.2) is 0 Å². The number of amides is 1. The molecule has 3 unspecified atom stereocenters. The van der Waals surface area contributed by atoms with Crippen LogP contribution in [-0.2, 0) is 9.59 Å². The fourth-order valence-corrected chi connectivity index (χ4v) is 3.02. The maximum absolute atomic E-state index is 12.3. The summed E-state index contributed by atoms with van der Waals surface area (Å²) in [6.07, 6.45) is 5.73.